The second-order valence-corrected chi connectivity index (χ2v) is 6.27. The lowest BCUT2D eigenvalue weighted by atomic mass is 10.0. The average molecular weight is 294 g/mol. The lowest BCUT2D eigenvalue weighted by Crippen LogP contribution is -2.47. The monoisotopic (exact) mass is 294 g/mol. The minimum Gasteiger partial charge on any atom is -0.332 e. The molecule has 0 aromatic carbocycles. The van der Waals surface area contributed by atoms with E-state index < -0.39 is 6.04 Å². The number of aromatic nitrogens is 2. The summed E-state index contributed by atoms with van der Waals surface area (Å²) in [5.41, 5.74) is 6.88. The summed E-state index contributed by atoms with van der Waals surface area (Å²) in [6, 6.07) is -0.117. The molecule has 110 valence electrons. The largest absolute Gasteiger partial charge is 0.332 e. The molecule has 1 heterocycles. The van der Waals surface area contributed by atoms with Crippen LogP contribution in [0.2, 0.25) is 0 Å². The van der Waals surface area contributed by atoms with Crippen molar-refractivity contribution in [3.63, 3.8) is 0 Å². The molecule has 1 amide bonds. The molecule has 1 atom stereocenters. The predicted molar refractivity (Wildman–Crippen MR) is 80.2 cm³/mol. The number of carbonyl (C=O) groups is 1. The SMILES string of the molecule is CSc1nccnc1CN(C(=O)C(N)C(C)C)C1CC1. The first kappa shape index (κ1) is 15.3. The average Bonchev–Trinajstić information content (AvgIpc) is 3.28. The van der Waals surface area contributed by atoms with E-state index in [-0.39, 0.29) is 11.8 Å². The van der Waals surface area contributed by atoms with E-state index in [2.05, 4.69) is 9.97 Å². The minimum atomic E-state index is -0.440. The predicted octanol–water partition coefficient (Wildman–Crippen LogP) is 1.67. The summed E-state index contributed by atoms with van der Waals surface area (Å²) < 4.78 is 0. The maximum Gasteiger partial charge on any atom is 0.240 e. The first-order chi connectivity index (χ1) is 9.54. The molecule has 1 saturated carbocycles. The van der Waals surface area contributed by atoms with Crippen LogP contribution in [0.15, 0.2) is 17.4 Å². The molecule has 0 aliphatic heterocycles. The van der Waals surface area contributed by atoms with Gasteiger partial charge in [-0.15, -0.1) is 11.8 Å². The second-order valence-electron chi connectivity index (χ2n) is 5.48. The van der Waals surface area contributed by atoms with E-state index in [1.807, 2.05) is 25.0 Å². The Morgan fingerprint density at radius 2 is 2.10 bits per heavy atom. The molecule has 2 rings (SSSR count). The molecule has 0 radical (unpaired) electrons. The van der Waals surface area contributed by atoms with Crippen LogP contribution in [0.5, 0.6) is 0 Å². The summed E-state index contributed by atoms with van der Waals surface area (Å²) in [5.74, 6) is 0.172. The number of carbonyl (C=O) groups excluding carboxylic acids is 1. The van der Waals surface area contributed by atoms with Crippen LogP contribution in [0.4, 0.5) is 0 Å². The highest BCUT2D eigenvalue weighted by Gasteiger charge is 2.36. The van der Waals surface area contributed by atoms with Crippen molar-refractivity contribution in [3.8, 4) is 0 Å². The van der Waals surface area contributed by atoms with Crippen LogP contribution in [0.3, 0.4) is 0 Å². The van der Waals surface area contributed by atoms with Gasteiger partial charge in [0.2, 0.25) is 5.91 Å². The Labute approximate surface area is 124 Å². The van der Waals surface area contributed by atoms with Crippen molar-refractivity contribution in [3.05, 3.63) is 18.1 Å². The van der Waals surface area contributed by atoms with Crippen molar-refractivity contribution in [2.75, 3.05) is 6.26 Å². The fourth-order valence-electron chi connectivity index (χ4n) is 2.04. The van der Waals surface area contributed by atoms with E-state index in [1.165, 1.54) is 0 Å². The van der Waals surface area contributed by atoms with Gasteiger partial charge in [-0.05, 0) is 25.0 Å². The van der Waals surface area contributed by atoms with E-state index in [0.717, 1.165) is 23.6 Å². The van der Waals surface area contributed by atoms with Crippen molar-refractivity contribution < 1.29 is 4.79 Å². The van der Waals surface area contributed by atoms with Crippen molar-refractivity contribution in [2.24, 2.45) is 11.7 Å². The summed E-state index contributed by atoms with van der Waals surface area (Å²) in [6.07, 6.45) is 7.44. The van der Waals surface area contributed by atoms with Crippen molar-refractivity contribution in [1.82, 2.24) is 14.9 Å². The van der Waals surface area contributed by atoms with Crippen molar-refractivity contribution in [1.29, 1.82) is 0 Å². The molecular weight excluding hydrogens is 272 g/mol. The third-order valence-corrected chi connectivity index (χ3v) is 4.25. The van der Waals surface area contributed by atoms with Gasteiger partial charge in [-0.1, -0.05) is 13.8 Å². The molecule has 1 unspecified atom stereocenters. The summed E-state index contributed by atoms with van der Waals surface area (Å²) in [5, 5.41) is 0.879. The van der Waals surface area contributed by atoms with Crippen molar-refractivity contribution >= 4 is 17.7 Å². The quantitative estimate of drug-likeness (QED) is 0.808. The molecule has 0 spiro atoms. The van der Waals surface area contributed by atoms with Crippen LogP contribution in [0, 0.1) is 5.92 Å². The molecule has 20 heavy (non-hydrogen) atoms. The molecule has 0 saturated heterocycles. The molecule has 1 aromatic rings. The Kier molecular flexibility index (Phi) is 4.99. The first-order valence-electron chi connectivity index (χ1n) is 6.94. The second kappa shape index (κ2) is 6.54. The van der Waals surface area contributed by atoms with E-state index in [1.54, 1.807) is 24.2 Å². The molecule has 1 aliphatic carbocycles. The van der Waals surface area contributed by atoms with Crippen LogP contribution in [0.1, 0.15) is 32.4 Å². The lowest BCUT2D eigenvalue weighted by molar-refractivity contribution is -0.134. The van der Waals surface area contributed by atoms with E-state index >= 15 is 0 Å². The zero-order valence-corrected chi connectivity index (χ0v) is 13.1. The van der Waals surface area contributed by atoms with Gasteiger partial charge in [-0.3, -0.25) is 9.78 Å². The number of nitrogens with zero attached hydrogens (tertiary/aromatic N) is 3. The number of nitrogens with two attached hydrogens (primary N) is 1. The molecule has 6 heteroatoms. The number of thioether (sulfide) groups is 1. The maximum atomic E-state index is 12.5. The van der Waals surface area contributed by atoms with Crippen LogP contribution >= 0.6 is 11.8 Å². The third-order valence-electron chi connectivity index (χ3n) is 3.52. The van der Waals surface area contributed by atoms with E-state index in [4.69, 9.17) is 5.73 Å². The van der Waals surface area contributed by atoms with Gasteiger partial charge in [0.25, 0.3) is 0 Å². The molecule has 1 aromatic heterocycles. The van der Waals surface area contributed by atoms with Crippen LogP contribution in [-0.4, -0.2) is 39.1 Å². The topological polar surface area (TPSA) is 72.1 Å². The summed E-state index contributed by atoms with van der Waals surface area (Å²) in [4.78, 5) is 23.1. The van der Waals surface area contributed by atoms with Crippen molar-refractivity contribution in [2.45, 2.75) is 50.3 Å². The summed E-state index contributed by atoms with van der Waals surface area (Å²) >= 11 is 1.55. The van der Waals surface area contributed by atoms with Crippen LogP contribution in [0.25, 0.3) is 0 Å². The number of hydrogen-bond donors (Lipinski definition) is 1. The van der Waals surface area contributed by atoms with Gasteiger partial charge < -0.3 is 10.6 Å². The fraction of sp³-hybridized carbons (Fsp3) is 0.643. The summed E-state index contributed by atoms with van der Waals surface area (Å²) in [7, 11) is 0. The zero-order chi connectivity index (χ0) is 14.7. The standard InChI is InChI=1S/C14H22N4OS/c1-9(2)12(15)14(19)18(10-4-5-10)8-11-13(20-3)17-7-6-16-11/h6-7,9-10,12H,4-5,8,15H2,1-3H3. The van der Waals surface area contributed by atoms with Gasteiger partial charge in [0.1, 0.15) is 5.03 Å². The Hall–Kier alpha value is -1.14. The Morgan fingerprint density at radius 3 is 2.65 bits per heavy atom. The normalized spacial score (nSPS) is 16.2. The Morgan fingerprint density at radius 1 is 1.45 bits per heavy atom. The minimum absolute atomic E-state index is 0.0280. The fourth-order valence-corrected chi connectivity index (χ4v) is 2.56. The van der Waals surface area contributed by atoms with E-state index in [9.17, 15) is 4.79 Å². The van der Waals surface area contributed by atoms with Gasteiger partial charge in [-0.2, -0.15) is 0 Å². The molecule has 1 fully saturated rings. The summed E-state index contributed by atoms with van der Waals surface area (Å²) in [6.45, 7) is 4.46. The number of rotatable bonds is 6. The Bertz CT molecular complexity index is 476. The highest BCUT2D eigenvalue weighted by Crippen LogP contribution is 2.30. The first-order valence-corrected chi connectivity index (χ1v) is 8.17. The highest BCUT2D eigenvalue weighted by molar-refractivity contribution is 7.98. The Balaban J connectivity index is 2.16. The van der Waals surface area contributed by atoms with Gasteiger partial charge in [0.05, 0.1) is 18.3 Å². The van der Waals surface area contributed by atoms with Gasteiger partial charge >= 0.3 is 0 Å². The van der Waals surface area contributed by atoms with Gasteiger partial charge in [0.15, 0.2) is 0 Å². The number of amides is 1. The van der Waals surface area contributed by atoms with Gasteiger partial charge in [-0.25, -0.2) is 4.98 Å². The molecule has 5 nitrogen and oxygen atoms in total. The number of hydrogen-bond acceptors (Lipinski definition) is 5. The smallest absolute Gasteiger partial charge is 0.240 e. The van der Waals surface area contributed by atoms with E-state index in [0.29, 0.717) is 12.6 Å². The highest BCUT2D eigenvalue weighted by atomic mass is 32.2. The van der Waals surface area contributed by atoms with Crippen LogP contribution < -0.4 is 5.73 Å². The zero-order valence-electron chi connectivity index (χ0n) is 12.2. The molecule has 2 N–H and O–H groups in total. The molecule has 1 aliphatic rings. The lowest BCUT2D eigenvalue weighted by Gasteiger charge is -2.27. The molecule has 0 bridgehead atoms. The maximum absolute atomic E-state index is 12.5. The molecular formula is C14H22N4OS. The van der Waals surface area contributed by atoms with Crippen LogP contribution in [-0.2, 0) is 11.3 Å². The third kappa shape index (κ3) is 3.49. The van der Waals surface area contributed by atoms with Gasteiger partial charge in [0, 0.05) is 18.4 Å².